The van der Waals surface area contributed by atoms with Gasteiger partial charge in [0, 0.05) is 7.05 Å². The predicted molar refractivity (Wildman–Crippen MR) is 48.1 cm³/mol. The smallest absolute Gasteiger partial charge is 0.251 e. The van der Waals surface area contributed by atoms with Gasteiger partial charge in [-0.15, -0.1) is 0 Å². The molecule has 1 fully saturated rings. The first-order valence-corrected chi connectivity index (χ1v) is 4.67. The lowest BCUT2D eigenvalue weighted by molar-refractivity contribution is -0.141. The SMILES string of the molecule is C[C@H](O)C(=O)N(C)[C@@H]1CCC[C@H]1O. The molecule has 1 aliphatic rings. The summed E-state index contributed by atoms with van der Waals surface area (Å²) in [4.78, 5) is 12.8. The first-order chi connectivity index (χ1) is 6.04. The number of likely N-dealkylation sites (N-methyl/N-ethyl adjacent to an activating group) is 1. The highest BCUT2D eigenvalue weighted by atomic mass is 16.3. The Hall–Kier alpha value is -0.610. The molecule has 0 aliphatic heterocycles. The van der Waals surface area contributed by atoms with Crippen molar-refractivity contribution in [3.8, 4) is 0 Å². The number of aliphatic hydroxyl groups excluding tert-OH is 2. The molecule has 0 spiro atoms. The number of nitrogens with zero attached hydrogens (tertiary/aromatic N) is 1. The van der Waals surface area contributed by atoms with Gasteiger partial charge in [0.25, 0.3) is 5.91 Å². The number of aliphatic hydroxyl groups is 2. The molecule has 0 unspecified atom stereocenters. The number of amides is 1. The Morgan fingerprint density at radius 3 is 2.54 bits per heavy atom. The molecule has 3 atom stereocenters. The molecule has 0 aromatic carbocycles. The molecular weight excluding hydrogens is 170 g/mol. The number of hydrogen-bond donors (Lipinski definition) is 2. The van der Waals surface area contributed by atoms with Crippen LogP contribution in [0.1, 0.15) is 26.2 Å². The first-order valence-electron chi connectivity index (χ1n) is 4.67. The average molecular weight is 187 g/mol. The summed E-state index contributed by atoms with van der Waals surface area (Å²) in [6.45, 7) is 1.44. The van der Waals surface area contributed by atoms with E-state index < -0.39 is 12.2 Å². The van der Waals surface area contributed by atoms with E-state index in [0.29, 0.717) is 0 Å². The van der Waals surface area contributed by atoms with Crippen molar-refractivity contribution < 1.29 is 15.0 Å². The van der Waals surface area contributed by atoms with E-state index in [4.69, 9.17) is 5.11 Å². The van der Waals surface area contributed by atoms with Crippen LogP contribution in [0.2, 0.25) is 0 Å². The number of rotatable bonds is 2. The number of hydrogen-bond acceptors (Lipinski definition) is 3. The van der Waals surface area contributed by atoms with Crippen molar-refractivity contribution in [2.45, 2.75) is 44.4 Å². The molecule has 1 amide bonds. The zero-order valence-corrected chi connectivity index (χ0v) is 8.10. The van der Waals surface area contributed by atoms with Gasteiger partial charge in [0.05, 0.1) is 12.1 Å². The van der Waals surface area contributed by atoms with E-state index >= 15 is 0 Å². The van der Waals surface area contributed by atoms with Gasteiger partial charge in [0.2, 0.25) is 0 Å². The molecule has 1 aliphatic carbocycles. The molecule has 0 heterocycles. The van der Waals surface area contributed by atoms with Crippen molar-refractivity contribution in [2.75, 3.05) is 7.05 Å². The van der Waals surface area contributed by atoms with Gasteiger partial charge in [-0.1, -0.05) is 0 Å². The minimum absolute atomic E-state index is 0.109. The van der Waals surface area contributed by atoms with Crippen LogP contribution in [0, 0.1) is 0 Å². The fourth-order valence-electron chi connectivity index (χ4n) is 1.83. The molecule has 13 heavy (non-hydrogen) atoms. The van der Waals surface area contributed by atoms with Gasteiger partial charge in [-0.05, 0) is 26.2 Å². The largest absolute Gasteiger partial charge is 0.391 e. The van der Waals surface area contributed by atoms with E-state index in [1.54, 1.807) is 7.05 Å². The topological polar surface area (TPSA) is 60.8 Å². The van der Waals surface area contributed by atoms with Crippen LogP contribution in [-0.2, 0) is 4.79 Å². The summed E-state index contributed by atoms with van der Waals surface area (Å²) in [6.07, 6.45) is 1.13. The van der Waals surface area contributed by atoms with E-state index in [-0.39, 0.29) is 11.9 Å². The van der Waals surface area contributed by atoms with Crippen LogP contribution in [0.3, 0.4) is 0 Å². The third-order valence-electron chi connectivity index (χ3n) is 2.65. The molecule has 0 aromatic rings. The zero-order chi connectivity index (χ0) is 10.0. The highest BCUT2D eigenvalue weighted by Crippen LogP contribution is 2.23. The summed E-state index contributed by atoms with van der Waals surface area (Å²) in [5.41, 5.74) is 0. The average Bonchev–Trinajstić information content (AvgIpc) is 2.48. The van der Waals surface area contributed by atoms with Gasteiger partial charge in [-0.2, -0.15) is 0 Å². The maximum Gasteiger partial charge on any atom is 0.251 e. The third-order valence-corrected chi connectivity index (χ3v) is 2.65. The van der Waals surface area contributed by atoms with Gasteiger partial charge in [0.1, 0.15) is 6.10 Å². The van der Waals surface area contributed by atoms with Crippen molar-refractivity contribution in [3.05, 3.63) is 0 Å². The minimum Gasteiger partial charge on any atom is -0.391 e. The fourth-order valence-corrected chi connectivity index (χ4v) is 1.83. The quantitative estimate of drug-likeness (QED) is 0.626. The Kier molecular flexibility index (Phi) is 3.27. The Morgan fingerprint density at radius 1 is 1.54 bits per heavy atom. The van der Waals surface area contributed by atoms with Crippen LogP contribution in [0.5, 0.6) is 0 Å². The monoisotopic (exact) mass is 187 g/mol. The van der Waals surface area contributed by atoms with Gasteiger partial charge in [-0.25, -0.2) is 0 Å². The Labute approximate surface area is 78.2 Å². The van der Waals surface area contributed by atoms with Crippen LogP contribution >= 0.6 is 0 Å². The van der Waals surface area contributed by atoms with Crippen molar-refractivity contribution in [3.63, 3.8) is 0 Å². The van der Waals surface area contributed by atoms with Crippen molar-refractivity contribution in [1.82, 2.24) is 4.90 Å². The number of carbonyl (C=O) groups excluding carboxylic acids is 1. The molecule has 76 valence electrons. The maximum absolute atomic E-state index is 11.3. The van der Waals surface area contributed by atoms with E-state index in [9.17, 15) is 9.90 Å². The van der Waals surface area contributed by atoms with Crippen LogP contribution in [0.4, 0.5) is 0 Å². The highest BCUT2D eigenvalue weighted by Gasteiger charge is 2.32. The van der Waals surface area contributed by atoms with Crippen LogP contribution in [0.25, 0.3) is 0 Å². The second-order valence-electron chi connectivity index (χ2n) is 3.69. The van der Waals surface area contributed by atoms with E-state index in [2.05, 4.69) is 0 Å². The van der Waals surface area contributed by atoms with Crippen LogP contribution < -0.4 is 0 Å². The van der Waals surface area contributed by atoms with Gasteiger partial charge < -0.3 is 15.1 Å². The van der Waals surface area contributed by atoms with Gasteiger partial charge >= 0.3 is 0 Å². The molecule has 0 aromatic heterocycles. The summed E-state index contributed by atoms with van der Waals surface area (Å²) in [7, 11) is 1.63. The minimum atomic E-state index is -0.974. The molecule has 0 radical (unpaired) electrons. The summed E-state index contributed by atoms with van der Waals surface area (Å²) in [5, 5.41) is 18.6. The third kappa shape index (κ3) is 2.19. The maximum atomic E-state index is 11.3. The van der Waals surface area contributed by atoms with Crippen molar-refractivity contribution >= 4 is 5.91 Å². The summed E-state index contributed by atoms with van der Waals surface area (Å²) < 4.78 is 0. The molecule has 1 saturated carbocycles. The normalized spacial score (nSPS) is 30.2. The lowest BCUT2D eigenvalue weighted by Crippen LogP contribution is -2.45. The molecule has 0 saturated heterocycles. The first kappa shape index (κ1) is 10.5. The summed E-state index contributed by atoms with van der Waals surface area (Å²) in [6, 6.07) is -0.109. The van der Waals surface area contributed by atoms with Crippen LogP contribution in [0.15, 0.2) is 0 Å². The van der Waals surface area contributed by atoms with Crippen molar-refractivity contribution in [2.24, 2.45) is 0 Å². The second kappa shape index (κ2) is 4.07. The predicted octanol–water partition coefficient (Wildman–Crippen LogP) is -0.261. The lowest BCUT2D eigenvalue weighted by atomic mass is 10.1. The summed E-state index contributed by atoms with van der Waals surface area (Å²) >= 11 is 0. The fraction of sp³-hybridized carbons (Fsp3) is 0.889. The molecule has 1 rings (SSSR count). The van der Waals surface area contributed by atoms with E-state index in [1.807, 2.05) is 0 Å². The Morgan fingerprint density at radius 2 is 2.15 bits per heavy atom. The Bertz CT molecular complexity index is 193. The molecule has 4 nitrogen and oxygen atoms in total. The summed E-state index contributed by atoms with van der Waals surface area (Å²) in [5.74, 6) is -0.314. The second-order valence-corrected chi connectivity index (χ2v) is 3.69. The van der Waals surface area contributed by atoms with E-state index in [1.165, 1.54) is 11.8 Å². The standard InChI is InChI=1S/C9H17NO3/c1-6(11)9(13)10(2)7-4-3-5-8(7)12/h6-8,11-12H,3-5H2,1-2H3/t6-,7+,8+/m0/s1. The molecule has 0 bridgehead atoms. The highest BCUT2D eigenvalue weighted by molar-refractivity contribution is 5.80. The van der Waals surface area contributed by atoms with Crippen molar-refractivity contribution in [1.29, 1.82) is 0 Å². The molecular formula is C9H17NO3. The van der Waals surface area contributed by atoms with Gasteiger partial charge in [-0.3, -0.25) is 4.79 Å². The van der Waals surface area contributed by atoms with E-state index in [0.717, 1.165) is 19.3 Å². The lowest BCUT2D eigenvalue weighted by Gasteiger charge is -2.28. The number of carbonyl (C=O) groups is 1. The van der Waals surface area contributed by atoms with Gasteiger partial charge in [0.15, 0.2) is 0 Å². The van der Waals surface area contributed by atoms with Crippen LogP contribution in [-0.4, -0.2) is 46.3 Å². The Balaban J connectivity index is 2.56. The zero-order valence-electron chi connectivity index (χ0n) is 8.10. The molecule has 4 heteroatoms. The molecule has 2 N–H and O–H groups in total.